The molecule has 0 saturated carbocycles. The largest absolute Gasteiger partial charge is 0.384 e. The number of nitrogens with one attached hydrogen (secondary N) is 1. The van der Waals surface area contributed by atoms with E-state index in [4.69, 9.17) is 0 Å². The van der Waals surface area contributed by atoms with Crippen LogP contribution in [0.1, 0.15) is 0 Å². The van der Waals surface area contributed by atoms with Crippen molar-refractivity contribution in [2.75, 3.05) is 23.9 Å². The third-order valence-corrected chi connectivity index (χ3v) is 3.48. The van der Waals surface area contributed by atoms with Crippen molar-refractivity contribution in [3.8, 4) is 0 Å². The van der Waals surface area contributed by atoms with Crippen LogP contribution in [-0.2, 0) is 10.8 Å². The molecule has 100 valence electrons. The molecule has 0 bridgehead atoms. The molecule has 1 aromatic carbocycles. The van der Waals surface area contributed by atoms with Crippen molar-refractivity contribution < 1.29 is 9.13 Å². The van der Waals surface area contributed by atoms with Crippen LogP contribution in [0.2, 0.25) is 0 Å². The van der Waals surface area contributed by atoms with Gasteiger partial charge in [-0.25, -0.2) is 0 Å². The molecule has 1 aromatic heterocycles. The van der Waals surface area contributed by atoms with Crippen LogP contribution in [0, 0.1) is 10.1 Å². The summed E-state index contributed by atoms with van der Waals surface area (Å²) in [5.41, 5.74) is 0.821. The minimum absolute atomic E-state index is 0.0349. The quantitative estimate of drug-likeness (QED) is 0.667. The van der Waals surface area contributed by atoms with Gasteiger partial charge in [-0.05, 0) is 12.1 Å². The second-order valence-corrected chi connectivity index (χ2v) is 5.57. The second-order valence-electron chi connectivity index (χ2n) is 4.01. The zero-order valence-electron chi connectivity index (χ0n) is 10.3. The summed E-state index contributed by atoms with van der Waals surface area (Å²) in [6.07, 6.45) is 4.71. The molecule has 2 rings (SSSR count). The van der Waals surface area contributed by atoms with Crippen LogP contribution in [0.25, 0.3) is 10.8 Å². The fourth-order valence-corrected chi connectivity index (χ4v) is 2.21. The summed E-state index contributed by atoms with van der Waals surface area (Å²) in [5, 5.41) is 15.3. The van der Waals surface area contributed by atoms with E-state index in [0.29, 0.717) is 17.7 Å². The van der Waals surface area contributed by atoms with Crippen LogP contribution in [0.5, 0.6) is 0 Å². The Morgan fingerprint density at radius 2 is 2.16 bits per heavy atom. The van der Waals surface area contributed by atoms with Gasteiger partial charge in [-0.1, -0.05) is 0 Å². The van der Waals surface area contributed by atoms with Gasteiger partial charge < -0.3 is 5.32 Å². The van der Waals surface area contributed by atoms with E-state index in [-0.39, 0.29) is 5.69 Å². The first-order valence-corrected chi connectivity index (χ1v) is 7.37. The molecule has 0 fully saturated rings. The SMILES string of the molecule is CS(=O)CCNc1ccc([N+](=O)[O-])c2cnccc12. The van der Waals surface area contributed by atoms with Crippen molar-refractivity contribution in [2.45, 2.75) is 0 Å². The fraction of sp³-hybridized carbons (Fsp3) is 0.250. The highest BCUT2D eigenvalue weighted by atomic mass is 32.2. The number of aromatic nitrogens is 1. The summed E-state index contributed by atoms with van der Waals surface area (Å²) in [7, 11) is -0.868. The first-order chi connectivity index (χ1) is 9.09. The molecule has 0 saturated heterocycles. The highest BCUT2D eigenvalue weighted by molar-refractivity contribution is 7.84. The zero-order chi connectivity index (χ0) is 13.8. The average Bonchev–Trinajstić information content (AvgIpc) is 2.38. The molecule has 0 aliphatic heterocycles. The van der Waals surface area contributed by atoms with Gasteiger partial charge in [0.1, 0.15) is 0 Å². The smallest absolute Gasteiger partial charge is 0.278 e. The fourth-order valence-electron chi connectivity index (χ4n) is 1.82. The van der Waals surface area contributed by atoms with Crippen LogP contribution in [-0.4, -0.2) is 32.7 Å². The van der Waals surface area contributed by atoms with E-state index in [9.17, 15) is 14.3 Å². The van der Waals surface area contributed by atoms with Gasteiger partial charge in [-0.2, -0.15) is 0 Å². The lowest BCUT2D eigenvalue weighted by Gasteiger charge is -2.09. The highest BCUT2D eigenvalue weighted by Crippen LogP contribution is 2.30. The maximum Gasteiger partial charge on any atom is 0.278 e. The highest BCUT2D eigenvalue weighted by Gasteiger charge is 2.13. The number of nitro benzene ring substituents is 1. The summed E-state index contributed by atoms with van der Waals surface area (Å²) >= 11 is 0. The summed E-state index contributed by atoms with van der Waals surface area (Å²) in [5.74, 6) is 0.531. The van der Waals surface area contributed by atoms with Crippen LogP contribution in [0.15, 0.2) is 30.6 Å². The molecule has 1 atom stereocenters. The Morgan fingerprint density at radius 1 is 1.37 bits per heavy atom. The molecular weight excluding hydrogens is 266 g/mol. The van der Waals surface area contributed by atoms with Gasteiger partial charge >= 0.3 is 0 Å². The standard InChI is InChI=1S/C12H13N3O3S/c1-19(18)7-6-14-11-2-3-12(15(16)17)10-8-13-5-4-9(10)11/h2-5,8,14H,6-7H2,1H3. The third-order valence-electron chi connectivity index (χ3n) is 2.70. The van der Waals surface area contributed by atoms with Gasteiger partial charge in [0, 0.05) is 58.9 Å². The molecule has 2 aromatic rings. The Morgan fingerprint density at radius 3 is 2.84 bits per heavy atom. The van der Waals surface area contributed by atoms with E-state index >= 15 is 0 Å². The molecule has 0 spiro atoms. The normalized spacial score (nSPS) is 12.3. The van der Waals surface area contributed by atoms with Gasteiger partial charge in [-0.15, -0.1) is 0 Å². The summed E-state index contributed by atoms with van der Waals surface area (Å²) in [4.78, 5) is 14.4. The number of rotatable bonds is 5. The predicted octanol–water partition coefficient (Wildman–Crippen LogP) is 1.93. The summed E-state index contributed by atoms with van der Waals surface area (Å²) in [6, 6.07) is 4.85. The Bertz CT molecular complexity index is 645. The molecule has 1 N–H and O–H groups in total. The Kier molecular flexibility index (Phi) is 4.06. The Balaban J connectivity index is 2.38. The van der Waals surface area contributed by atoms with Crippen LogP contribution >= 0.6 is 0 Å². The monoisotopic (exact) mass is 279 g/mol. The average molecular weight is 279 g/mol. The van der Waals surface area contributed by atoms with Crippen molar-refractivity contribution in [3.05, 3.63) is 40.7 Å². The van der Waals surface area contributed by atoms with E-state index in [1.807, 2.05) is 0 Å². The molecule has 1 heterocycles. The van der Waals surface area contributed by atoms with Crippen LogP contribution in [0.3, 0.4) is 0 Å². The number of nitro groups is 1. The topological polar surface area (TPSA) is 85.1 Å². The summed E-state index contributed by atoms with van der Waals surface area (Å²) in [6.45, 7) is 0.554. The molecule has 0 aliphatic rings. The lowest BCUT2D eigenvalue weighted by molar-refractivity contribution is -0.383. The van der Waals surface area contributed by atoms with Gasteiger partial charge in [0.2, 0.25) is 0 Å². The van der Waals surface area contributed by atoms with Crippen molar-refractivity contribution >= 4 is 32.9 Å². The van der Waals surface area contributed by atoms with E-state index in [1.165, 1.54) is 12.3 Å². The predicted molar refractivity (Wildman–Crippen MR) is 75.8 cm³/mol. The van der Waals surface area contributed by atoms with Crippen molar-refractivity contribution in [2.24, 2.45) is 0 Å². The van der Waals surface area contributed by atoms with Crippen molar-refractivity contribution in [3.63, 3.8) is 0 Å². The first kappa shape index (κ1) is 13.4. The Hall–Kier alpha value is -2.02. The molecule has 19 heavy (non-hydrogen) atoms. The van der Waals surface area contributed by atoms with Gasteiger partial charge in [0.05, 0.1) is 10.3 Å². The van der Waals surface area contributed by atoms with Crippen molar-refractivity contribution in [1.82, 2.24) is 4.98 Å². The zero-order valence-corrected chi connectivity index (χ0v) is 11.1. The van der Waals surface area contributed by atoms with E-state index < -0.39 is 15.7 Å². The molecule has 6 nitrogen and oxygen atoms in total. The third kappa shape index (κ3) is 3.05. The van der Waals surface area contributed by atoms with E-state index in [1.54, 1.807) is 24.6 Å². The number of pyridine rings is 1. The Labute approximate surface area is 112 Å². The molecule has 7 heteroatoms. The lowest BCUT2D eigenvalue weighted by Crippen LogP contribution is -2.10. The van der Waals surface area contributed by atoms with Crippen molar-refractivity contribution in [1.29, 1.82) is 0 Å². The van der Waals surface area contributed by atoms with Crippen LogP contribution in [0.4, 0.5) is 11.4 Å². The molecule has 0 radical (unpaired) electrons. The number of hydrogen-bond acceptors (Lipinski definition) is 5. The maximum absolute atomic E-state index is 11.0. The number of nitrogens with zero attached hydrogens (tertiary/aromatic N) is 2. The lowest BCUT2D eigenvalue weighted by atomic mass is 10.1. The van der Waals surface area contributed by atoms with E-state index in [2.05, 4.69) is 10.3 Å². The molecule has 1 unspecified atom stereocenters. The van der Waals surface area contributed by atoms with Gasteiger partial charge in [0.25, 0.3) is 5.69 Å². The maximum atomic E-state index is 11.0. The number of benzene rings is 1. The van der Waals surface area contributed by atoms with Gasteiger partial charge in [-0.3, -0.25) is 19.3 Å². The molecular formula is C12H13N3O3S. The van der Waals surface area contributed by atoms with Gasteiger partial charge in [0.15, 0.2) is 0 Å². The first-order valence-electron chi connectivity index (χ1n) is 5.64. The van der Waals surface area contributed by atoms with E-state index in [0.717, 1.165) is 11.1 Å². The minimum atomic E-state index is -0.868. The number of anilines is 1. The molecule has 0 amide bonds. The second kappa shape index (κ2) is 5.75. The van der Waals surface area contributed by atoms with Crippen LogP contribution < -0.4 is 5.32 Å². The minimum Gasteiger partial charge on any atom is -0.384 e. The number of fused-ring (bicyclic) bond motifs is 1. The molecule has 0 aliphatic carbocycles. The number of non-ortho nitro benzene ring substituents is 1. The number of hydrogen-bond donors (Lipinski definition) is 1. The summed E-state index contributed by atoms with van der Waals surface area (Å²) < 4.78 is 11.0.